The number of unbranched alkanes of at least 4 members (excludes halogenated alkanes) is 1. The van der Waals surface area contributed by atoms with Gasteiger partial charge in [-0.1, -0.05) is 135 Å². The Morgan fingerprint density at radius 1 is 0.511 bits per heavy atom. The van der Waals surface area contributed by atoms with Crippen molar-refractivity contribution >= 4 is 54.2 Å². The molecule has 0 unspecified atom stereocenters. The molecule has 0 aliphatic rings. The molecule has 0 saturated carbocycles. The molecule has 0 radical (unpaired) electrons. The molecular weight excluding hydrogens is 571 g/mol. The molecule has 0 spiro atoms. The van der Waals surface area contributed by atoms with E-state index in [4.69, 9.17) is 9.40 Å². The minimum absolute atomic E-state index is 0.677. The van der Waals surface area contributed by atoms with Crippen molar-refractivity contribution in [3.63, 3.8) is 0 Å². The molecule has 8 aromatic carbocycles. The van der Waals surface area contributed by atoms with Gasteiger partial charge in [0.25, 0.3) is 0 Å². The number of nitrogens with zero attached hydrogens (tertiary/aromatic N) is 1. The van der Waals surface area contributed by atoms with E-state index in [-0.39, 0.29) is 0 Å². The van der Waals surface area contributed by atoms with Crippen molar-refractivity contribution in [3.05, 3.63) is 151 Å². The van der Waals surface area contributed by atoms with Gasteiger partial charge in [0.05, 0.1) is 0 Å². The molecule has 0 aliphatic heterocycles. The quantitative estimate of drug-likeness (QED) is 0.140. The van der Waals surface area contributed by atoms with Crippen LogP contribution in [0.5, 0.6) is 0 Å². The Morgan fingerprint density at radius 3 is 1.87 bits per heavy atom. The van der Waals surface area contributed by atoms with Crippen LogP contribution >= 0.6 is 0 Å². The summed E-state index contributed by atoms with van der Waals surface area (Å²) >= 11 is 0. The molecule has 1 aromatic heterocycles. The van der Waals surface area contributed by atoms with Crippen LogP contribution in [0.4, 0.5) is 0 Å². The SMILES string of the molecule is CCCCc1cccc(-c2nc3ccc4ccc5cc(-c6c7ccccc7c(-c7ccccc7)c7ccccc67)ccc5c4c3o2)c1. The summed E-state index contributed by atoms with van der Waals surface area (Å²) in [5.74, 6) is 0.677. The van der Waals surface area contributed by atoms with Crippen LogP contribution in [0.3, 0.4) is 0 Å². The van der Waals surface area contributed by atoms with Crippen LogP contribution in [0.15, 0.2) is 150 Å². The molecule has 2 nitrogen and oxygen atoms in total. The molecule has 47 heavy (non-hydrogen) atoms. The second-order valence-electron chi connectivity index (χ2n) is 12.5. The van der Waals surface area contributed by atoms with Gasteiger partial charge in [-0.05, 0) is 103 Å². The van der Waals surface area contributed by atoms with Crippen LogP contribution in [0.1, 0.15) is 25.3 Å². The molecule has 0 N–H and O–H groups in total. The highest BCUT2D eigenvalue weighted by atomic mass is 16.3. The van der Waals surface area contributed by atoms with Crippen molar-refractivity contribution in [1.29, 1.82) is 0 Å². The third kappa shape index (κ3) is 4.60. The van der Waals surface area contributed by atoms with Gasteiger partial charge in [-0.2, -0.15) is 0 Å². The Kier molecular flexibility index (Phi) is 6.60. The predicted molar refractivity (Wildman–Crippen MR) is 199 cm³/mol. The first kappa shape index (κ1) is 27.6. The highest BCUT2D eigenvalue weighted by molar-refractivity contribution is 6.23. The number of oxazole rings is 1. The molecule has 0 atom stereocenters. The summed E-state index contributed by atoms with van der Waals surface area (Å²) in [5, 5.41) is 9.67. The van der Waals surface area contributed by atoms with Gasteiger partial charge in [0.15, 0.2) is 5.58 Å². The van der Waals surface area contributed by atoms with Gasteiger partial charge < -0.3 is 4.42 Å². The highest BCUT2D eigenvalue weighted by Crippen LogP contribution is 2.44. The van der Waals surface area contributed by atoms with Gasteiger partial charge >= 0.3 is 0 Å². The van der Waals surface area contributed by atoms with Gasteiger partial charge in [0.1, 0.15) is 5.52 Å². The summed E-state index contributed by atoms with van der Waals surface area (Å²) in [5.41, 5.74) is 9.08. The van der Waals surface area contributed by atoms with Crippen LogP contribution in [0.25, 0.3) is 87.9 Å². The topological polar surface area (TPSA) is 26.0 Å². The van der Waals surface area contributed by atoms with E-state index in [0.717, 1.165) is 33.9 Å². The fourth-order valence-electron chi connectivity index (χ4n) is 7.41. The smallest absolute Gasteiger partial charge is 0.227 e. The predicted octanol–water partition coefficient (Wildman–Crippen LogP) is 12.8. The maximum Gasteiger partial charge on any atom is 0.227 e. The number of fused-ring (bicyclic) bond motifs is 7. The van der Waals surface area contributed by atoms with Crippen molar-refractivity contribution < 1.29 is 4.42 Å². The summed E-state index contributed by atoms with van der Waals surface area (Å²) in [6, 6.07) is 52.7. The molecule has 0 bridgehead atoms. The number of aryl methyl sites for hydroxylation is 1. The summed E-state index contributed by atoms with van der Waals surface area (Å²) in [6.07, 6.45) is 3.43. The Morgan fingerprint density at radius 2 is 1.15 bits per heavy atom. The molecule has 2 heteroatoms. The average molecular weight is 604 g/mol. The van der Waals surface area contributed by atoms with E-state index >= 15 is 0 Å². The highest BCUT2D eigenvalue weighted by Gasteiger charge is 2.18. The van der Waals surface area contributed by atoms with E-state index in [1.165, 1.54) is 73.0 Å². The summed E-state index contributed by atoms with van der Waals surface area (Å²) in [4.78, 5) is 4.96. The van der Waals surface area contributed by atoms with E-state index in [9.17, 15) is 0 Å². The van der Waals surface area contributed by atoms with Crippen molar-refractivity contribution in [1.82, 2.24) is 4.98 Å². The molecule has 0 fully saturated rings. The molecule has 1 heterocycles. The zero-order chi connectivity index (χ0) is 31.3. The average Bonchev–Trinajstić information content (AvgIpc) is 3.58. The van der Waals surface area contributed by atoms with Crippen LogP contribution < -0.4 is 0 Å². The van der Waals surface area contributed by atoms with Crippen LogP contribution in [-0.2, 0) is 6.42 Å². The van der Waals surface area contributed by atoms with Gasteiger partial charge in [-0.15, -0.1) is 0 Å². The first-order valence-electron chi connectivity index (χ1n) is 16.6. The van der Waals surface area contributed by atoms with Gasteiger partial charge in [0, 0.05) is 10.9 Å². The summed E-state index contributed by atoms with van der Waals surface area (Å²) < 4.78 is 6.61. The van der Waals surface area contributed by atoms with Crippen LogP contribution in [0.2, 0.25) is 0 Å². The first-order chi connectivity index (χ1) is 23.3. The maximum atomic E-state index is 6.61. The molecular formula is C45H33NO. The van der Waals surface area contributed by atoms with Crippen molar-refractivity contribution in [2.24, 2.45) is 0 Å². The molecule has 0 amide bonds. The maximum absolute atomic E-state index is 6.61. The summed E-state index contributed by atoms with van der Waals surface area (Å²) in [6.45, 7) is 2.23. The van der Waals surface area contributed by atoms with Gasteiger partial charge in [0.2, 0.25) is 5.89 Å². The number of hydrogen-bond donors (Lipinski definition) is 0. The van der Waals surface area contributed by atoms with Gasteiger partial charge in [-0.25, -0.2) is 4.98 Å². The summed E-state index contributed by atoms with van der Waals surface area (Å²) in [7, 11) is 0. The Bertz CT molecular complexity index is 2550. The van der Waals surface area contributed by atoms with E-state index < -0.39 is 0 Å². The Labute approximate surface area is 273 Å². The largest absolute Gasteiger partial charge is 0.435 e. The van der Waals surface area contributed by atoms with Gasteiger partial charge in [-0.3, -0.25) is 0 Å². The molecule has 0 saturated heterocycles. The van der Waals surface area contributed by atoms with Crippen molar-refractivity contribution in [3.8, 4) is 33.7 Å². The van der Waals surface area contributed by atoms with E-state index in [0.29, 0.717) is 5.89 Å². The molecule has 224 valence electrons. The van der Waals surface area contributed by atoms with Crippen LogP contribution in [-0.4, -0.2) is 4.98 Å². The lowest BCUT2D eigenvalue weighted by atomic mass is 9.85. The minimum atomic E-state index is 0.677. The fraction of sp³-hybridized carbons (Fsp3) is 0.0889. The van der Waals surface area contributed by atoms with Crippen molar-refractivity contribution in [2.75, 3.05) is 0 Å². The number of rotatable bonds is 6. The Hall–Kier alpha value is -5.73. The molecule has 0 aliphatic carbocycles. The number of aromatic nitrogens is 1. The zero-order valence-electron chi connectivity index (χ0n) is 26.3. The lowest BCUT2D eigenvalue weighted by molar-refractivity contribution is 0.623. The van der Waals surface area contributed by atoms with E-state index in [1.54, 1.807) is 0 Å². The standard InChI is InChI=1S/C45H33NO/c1-2-3-12-29-13-11-16-34(27-29)45-46-40-26-24-31-21-22-32-28-33(23-25-35(32)43(31)44(40)47-45)42-38-19-9-7-17-36(38)41(30-14-5-4-6-15-30)37-18-8-10-20-39(37)42/h4-11,13-28H,2-3,12H2,1H3. The van der Waals surface area contributed by atoms with E-state index in [1.807, 2.05) is 0 Å². The first-order valence-corrected chi connectivity index (χ1v) is 16.6. The lowest BCUT2D eigenvalue weighted by Gasteiger charge is -2.18. The number of benzene rings is 8. The monoisotopic (exact) mass is 603 g/mol. The third-order valence-electron chi connectivity index (χ3n) is 9.63. The minimum Gasteiger partial charge on any atom is -0.435 e. The molecule has 9 rings (SSSR count). The third-order valence-corrected chi connectivity index (χ3v) is 9.63. The zero-order valence-corrected chi connectivity index (χ0v) is 26.3. The Balaban J connectivity index is 1.25. The normalized spacial score (nSPS) is 11.8. The fourth-order valence-corrected chi connectivity index (χ4v) is 7.41. The second-order valence-corrected chi connectivity index (χ2v) is 12.5. The van der Waals surface area contributed by atoms with Crippen LogP contribution in [0, 0.1) is 0 Å². The van der Waals surface area contributed by atoms with E-state index in [2.05, 4.69) is 153 Å². The molecule has 9 aromatic rings. The van der Waals surface area contributed by atoms with Crippen molar-refractivity contribution in [2.45, 2.75) is 26.2 Å². The second kappa shape index (κ2) is 11.3. The lowest BCUT2D eigenvalue weighted by Crippen LogP contribution is -1.91. The number of hydrogen-bond acceptors (Lipinski definition) is 2.